The van der Waals surface area contributed by atoms with Crippen molar-refractivity contribution in [2.24, 2.45) is 0 Å². The molecule has 1 saturated carbocycles. The number of hydrogen-bond acceptors (Lipinski definition) is 4. The molecule has 2 rings (SSSR count). The summed E-state index contributed by atoms with van der Waals surface area (Å²) in [5.74, 6) is 1.25. The van der Waals surface area contributed by atoms with Crippen LogP contribution in [-0.4, -0.2) is 22.0 Å². The van der Waals surface area contributed by atoms with Crippen molar-refractivity contribution >= 4 is 23.1 Å². The third-order valence-electron chi connectivity index (χ3n) is 3.45. The fraction of sp³-hybridized carbons (Fsp3) is 0.769. The van der Waals surface area contributed by atoms with Crippen LogP contribution in [0.25, 0.3) is 0 Å². The summed E-state index contributed by atoms with van der Waals surface area (Å²) < 4.78 is 0. The van der Waals surface area contributed by atoms with E-state index in [2.05, 4.69) is 42.8 Å². The second-order valence-corrected chi connectivity index (χ2v) is 7.24. The number of rotatable bonds is 5. The van der Waals surface area contributed by atoms with Crippen LogP contribution >= 0.6 is 23.1 Å². The second-order valence-electron chi connectivity index (χ2n) is 4.78. The van der Waals surface area contributed by atoms with Gasteiger partial charge in [-0.25, -0.2) is 4.98 Å². The van der Waals surface area contributed by atoms with Gasteiger partial charge in [0.15, 0.2) is 0 Å². The van der Waals surface area contributed by atoms with Gasteiger partial charge >= 0.3 is 0 Å². The molecule has 4 heteroatoms. The van der Waals surface area contributed by atoms with Crippen molar-refractivity contribution in [3.63, 3.8) is 0 Å². The Morgan fingerprint density at radius 3 is 3.06 bits per heavy atom. The lowest BCUT2D eigenvalue weighted by molar-refractivity contribution is 0.465. The smallest absolute Gasteiger partial charge is 0.0798 e. The highest BCUT2D eigenvalue weighted by Gasteiger charge is 2.26. The summed E-state index contributed by atoms with van der Waals surface area (Å²) in [6.45, 7) is 6.63. The monoisotopic (exact) mass is 270 g/mol. The van der Waals surface area contributed by atoms with Gasteiger partial charge in [0.25, 0.3) is 0 Å². The molecule has 1 aromatic heterocycles. The van der Waals surface area contributed by atoms with Crippen molar-refractivity contribution in [3.05, 3.63) is 16.1 Å². The summed E-state index contributed by atoms with van der Waals surface area (Å²) in [5, 5.41) is 4.65. The van der Waals surface area contributed by atoms with E-state index in [-0.39, 0.29) is 0 Å². The van der Waals surface area contributed by atoms with E-state index in [1.54, 1.807) is 11.3 Å². The predicted octanol–water partition coefficient (Wildman–Crippen LogP) is 3.78. The average Bonchev–Trinajstić information content (AvgIpc) is 2.88. The zero-order valence-corrected chi connectivity index (χ0v) is 12.5. The van der Waals surface area contributed by atoms with E-state index in [9.17, 15) is 0 Å². The Bertz CT molecular complexity index is 351. The maximum atomic E-state index is 4.33. The molecular weight excluding hydrogens is 248 g/mol. The lowest BCUT2D eigenvalue weighted by Crippen LogP contribution is -2.29. The third-order valence-corrected chi connectivity index (χ3v) is 5.80. The van der Waals surface area contributed by atoms with Gasteiger partial charge in [-0.15, -0.1) is 11.3 Å². The third kappa shape index (κ3) is 3.46. The molecule has 1 heterocycles. The molecule has 1 aliphatic carbocycles. The van der Waals surface area contributed by atoms with E-state index in [0.29, 0.717) is 12.1 Å². The van der Waals surface area contributed by atoms with Crippen molar-refractivity contribution < 1.29 is 0 Å². The maximum absolute atomic E-state index is 4.33. The fourth-order valence-corrected chi connectivity index (χ4v) is 4.60. The summed E-state index contributed by atoms with van der Waals surface area (Å²) in [6, 6.07) is 1.16. The lowest BCUT2D eigenvalue weighted by atomic mass is 10.2. The molecule has 1 fully saturated rings. The Morgan fingerprint density at radius 2 is 2.41 bits per heavy atom. The van der Waals surface area contributed by atoms with Gasteiger partial charge in [-0.3, -0.25) is 0 Å². The van der Waals surface area contributed by atoms with Crippen molar-refractivity contribution in [2.75, 3.05) is 5.75 Å². The van der Waals surface area contributed by atoms with Crippen LogP contribution in [0.4, 0.5) is 0 Å². The molecule has 0 saturated heterocycles. The SMILES string of the molecule is CCSC1CCC(NC(C)c2scnc2C)C1. The first-order valence-corrected chi connectivity index (χ1v) is 8.41. The Labute approximate surface area is 113 Å². The number of thiazole rings is 1. The molecule has 1 aromatic rings. The van der Waals surface area contributed by atoms with Crippen LogP contribution in [0.2, 0.25) is 0 Å². The molecule has 17 heavy (non-hydrogen) atoms. The van der Waals surface area contributed by atoms with E-state index in [1.807, 2.05) is 5.51 Å². The van der Waals surface area contributed by atoms with Crippen molar-refractivity contribution in [2.45, 2.75) is 57.4 Å². The van der Waals surface area contributed by atoms with Crippen LogP contribution in [0.5, 0.6) is 0 Å². The molecule has 3 atom stereocenters. The number of nitrogens with zero attached hydrogens (tertiary/aromatic N) is 1. The van der Waals surface area contributed by atoms with Gasteiger partial charge in [-0.2, -0.15) is 11.8 Å². The zero-order chi connectivity index (χ0) is 12.3. The Balaban J connectivity index is 1.84. The van der Waals surface area contributed by atoms with E-state index < -0.39 is 0 Å². The lowest BCUT2D eigenvalue weighted by Gasteiger charge is -2.19. The minimum atomic E-state index is 0.456. The van der Waals surface area contributed by atoms with Crippen LogP contribution in [-0.2, 0) is 0 Å². The van der Waals surface area contributed by atoms with Crippen molar-refractivity contribution in [3.8, 4) is 0 Å². The van der Waals surface area contributed by atoms with E-state index >= 15 is 0 Å². The number of hydrogen-bond donors (Lipinski definition) is 1. The number of thioether (sulfide) groups is 1. The van der Waals surface area contributed by atoms with Gasteiger partial charge in [-0.05, 0) is 38.9 Å². The standard InChI is InChI=1S/C13H22N2S2/c1-4-16-12-6-5-11(7-12)15-10(3)13-9(2)14-8-17-13/h8,10-12,15H,4-7H2,1-3H3. The molecule has 3 unspecified atom stereocenters. The highest BCUT2D eigenvalue weighted by Crippen LogP contribution is 2.31. The van der Waals surface area contributed by atoms with Crippen molar-refractivity contribution in [1.29, 1.82) is 0 Å². The van der Waals surface area contributed by atoms with Gasteiger partial charge in [0.1, 0.15) is 0 Å². The highest BCUT2D eigenvalue weighted by molar-refractivity contribution is 7.99. The van der Waals surface area contributed by atoms with Crippen molar-refractivity contribution in [1.82, 2.24) is 10.3 Å². The Morgan fingerprint density at radius 1 is 1.59 bits per heavy atom. The molecule has 0 spiro atoms. The topological polar surface area (TPSA) is 24.9 Å². The summed E-state index contributed by atoms with van der Waals surface area (Å²) >= 11 is 3.89. The van der Waals surface area contributed by atoms with Crippen LogP contribution < -0.4 is 5.32 Å². The van der Waals surface area contributed by atoms with E-state index in [4.69, 9.17) is 0 Å². The first-order valence-electron chi connectivity index (χ1n) is 6.48. The normalized spacial score (nSPS) is 26.3. The van der Waals surface area contributed by atoms with Crippen LogP contribution in [0.15, 0.2) is 5.51 Å². The van der Waals surface area contributed by atoms with Gasteiger partial charge in [0.2, 0.25) is 0 Å². The molecule has 96 valence electrons. The van der Waals surface area contributed by atoms with Gasteiger partial charge < -0.3 is 5.32 Å². The summed E-state index contributed by atoms with van der Waals surface area (Å²) in [7, 11) is 0. The molecule has 0 aliphatic heterocycles. The number of aromatic nitrogens is 1. The molecule has 0 amide bonds. The minimum absolute atomic E-state index is 0.456. The predicted molar refractivity (Wildman–Crippen MR) is 78.0 cm³/mol. The first-order chi connectivity index (χ1) is 8.20. The Kier molecular flexibility index (Phi) is 4.88. The van der Waals surface area contributed by atoms with E-state index in [0.717, 1.165) is 5.25 Å². The zero-order valence-electron chi connectivity index (χ0n) is 10.9. The van der Waals surface area contributed by atoms with Gasteiger partial charge in [0.05, 0.1) is 11.2 Å². The molecule has 2 nitrogen and oxygen atoms in total. The molecule has 1 aliphatic rings. The summed E-state index contributed by atoms with van der Waals surface area (Å²) in [4.78, 5) is 5.73. The molecule has 0 radical (unpaired) electrons. The first kappa shape index (κ1) is 13.4. The second kappa shape index (κ2) is 6.21. The van der Waals surface area contributed by atoms with Gasteiger partial charge in [-0.1, -0.05) is 6.92 Å². The fourth-order valence-electron chi connectivity index (χ4n) is 2.63. The average molecular weight is 270 g/mol. The quantitative estimate of drug-likeness (QED) is 0.881. The highest BCUT2D eigenvalue weighted by atomic mass is 32.2. The van der Waals surface area contributed by atoms with Crippen LogP contribution in [0, 0.1) is 6.92 Å². The Hall–Kier alpha value is -0.0600. The molecule has 0 bridgehead atoms. The molecule has 1 N–H and O–H groups in total. The number of nitrogens with one attached hydrogen (secondary N) is 1. The van der Waals surface area contributed by atoms with E-state index in [1.165, 1.54) is 35.6 Å². The summed E-state index contributed by atoms with van der Waals surface area (Å²) in [6.07, 6.45) is 4.05. The van der Waals surface area contributed by atoms with Crippen LogP contribution in [0.3, 0.4) is 0 Å². The maximum Gasteiger partial charge on any atom is 0.0798 e. The molecular formula is C13H22N2S2. The van der Waals surface area contributed by atoms with Gasteiger partial charge in [0, 0.05) is 22.2 Å². The van der Waals surface area contributed by atoms with Crippen LogP contribution in [0.1, 0.15) is 49.7 Å². The minimum Gasteiger partial charge on any atom is -0.307 e. The molecule has 0 aromatic carbocycles. The largest absolute Gasteiger partial charge is 0.307 e. The number of aryl methyl sites for hydroxylation is 1. The summed E-state index contributed by atoms with van der Waals surface area (Å²) in [5.41, 5.74) is 3.14.